The van der Waals surface area contributed by atoms with E-state index in [9.17, 15) is 9.90 Å². The molecule has 0 aliphatic heterocycles. The maximum atomic E-state index is 11.4. The van der Waals surface area contributed by atoms with Crippen LogP contribution in [0.5, 0.6) is 0 Å². The summed E-state index contributed by atoms with van der Waals surface area (Å²) < 4.78 is 5.75. The van der Waals surface area contributed by atoms with Crippen molar-refractivity contribution in [3.8, 4) is 0 Å². The topological polar surface area (TPSA) is 63.3 Å². The normalized spacial score (nSPS) is 17.8. The van der Waals surface area contributed by atoms with E-state index in [0.29, 0.717) is 29.8 Å². The Balaban J connectivity index is 2.39. The molecular formula is C17H27NO3. The van der Waals surface area contributed by atoms with E-state index in [1.165, 1.54) is 12.8 Å². The molecule has 118 valence electrons. The highest BCUT2D eigenvalue weighted by atomic mass is 16.4. The lowest BCUT2D eigenvalue weighted by atomic mass is 9.78. The number of carboxylic acids is 1. The van der Waals surface area contributed by atoms with E-state index in [-0.39, 0.29) is 11.2 Å². The van der Waals surface area contributed by atoms with Crippen molar-refractivity contribution in [1.82, 2.24) is 4.98 Å². The van der Waals surface area contributed by atoms with Gasteiger partial charge in [0.1, 0.15) is 0 Å². The fourth-order valence-electron chi connectivity index (χ4n) is 3.61. The summed E-state index contributed by atoms with van der Waals surface area (Å²) in [7, 11) is 0. The van der Waals surface area contributed by atoms with Gasteiger partial charge in [-0.2, -0.15) is 0 Å². The highest BCUT2D eigenvalue weighted by Crippen LogP contribution is 2.45. The molecule has 4 heteroatoms. The molecule has 1 fully saturated rings. The van der Waals surface area contributed by atoms with Gasteiger partial charge in [-0.15, -0.1) is 0 Å². The Morgan fingerprint density at radius 2 is 1.86 bits per heavy atom. The molecule has 1 aromatic rings. The lowest BCUT2D eigenvalue weighted by Gasteiger charge is -2.27. The van der Waals surface area contributed by atoms with Crippen LogP contribution in [0.1, 0.15) is 81.9 Å². The van der Waals surface area contributed by atoms with Gasteiger partial charge in [-0.25, -0.2) is 9.78 Å². The Hall–Kier alpha value is -1.32. The van der Waals surface area contributed by atoms with Gasteiger partial charge in [-0.05, 0) is 37.5 Å². The molecule has 1 aliphatic rings. The van der Waals surface area contributed by atoms with Crippen LogP contribution in [0.2, 0.25) is 0 Å². The van der Waals surface area contributed by atoms with Crippen molar-refractivity contribution in [2.45, 2.75) is 71.6 Å². The van der Waals surface area contributed by atoms with E-state index in [0.717, 1.165) is 19.3 Å². The summed E-state index contributed by atoms with van der Waals surface area (Å²) in [5, 5.41) is 9.37. The standard InChI is InChI=1S/C17H27NO3/c1-11(2)9-13-14(15(19)20)21-16(18-13)17(10-12(3)4)7-5-6-8-17/h11-12H,5-10H2,1-4H3,(H,19,20). The second kappa shape index (κ2) is 6.20. The SMILES string of the molecule is CC(C)Cc1nc(C2(CC(C)C)CCCC2)oc1C(=O)O. The molecule has 0 amide bonds. The third kappa shape index (κ3) is 3.47. The van der Waals surface area contributed by atoms with Crippen LogP contribution in [-0.4, -0.2) is 16.1 Å². The number of rotatable bonds is 6. The smallest absolute Gasteiger partial charge is 0.373 e. The first kappa shape index (κ1) is 16.1. The number of oxazole rings is 1. The Morgan fingerprint density at radius 3 is 2.33 bits per heavy atom. The van der Waals surface area contributed by atoms with Crippen molar-refractivity contribution in [1.29, 1.82) is 0 Å². The summed E-state index contributed by atoms with van der Waals surface area (Å²) in [6, 6.07) is 0. The van der Waals surface area contributed by atoms with Gasteiger partial charge in [0.15, 0.2) is 0 Å². The zero-order chi connectivity index (χ0) is 15.6. The minimum absolute atomic E-state index is 0.0480. The molecule has 0 spiro atoms. The quantitative estimate of drug-likeness (QED) is 0.842. The molecule has 0 saturated heterocycles. The van der Waals surface area contributed by atoms with Crippen LogP contribution in [0.15, 0.2) is 4.42 Å². The first-order valence-corrected chi connectivity index (χ1v) is 8.07. The van der Waals surface area contributed by atoms with Gasteiger partial charge in [-0.3, -0.25) is 0 Å². The zero-order valence-electron chi connectivity index (χ0n) is 13.6. The lowest BCUT2D eigenvalue weighted by Crippen LogP contribution is -2.25. The van der Waals surface area contributed by atoms with Crippen molar-refractivity contribution in [2.75, 3.05) is 0 Å². The van der Waals surface area contributed by atoms with Crippen LogP contribution in [0.3, 0.4) is 0 Å². The Kier molecular flexibility index (Phi) is 4.74. The summed E-state index contributed by atoms with van der Waals surface area (Å²) in [5.74, 6) is 0.639. The second-order valence-electron chi connectivity index (χ2n) is 7.28. The van der Waals surface area contributed by atoms with E-state index >= 15 is 0 Å². The Labute approximate surface area is 127 Å². The average Bonchev–Trinajstić information content (AvgIpc) is 2.95. The number of carbonyl (C=O) groups is 1. The van der Waals surface area contributed by atoms with Gasteiger partial charge < -0.3 is 9.52 Å². The molecule has 1 aromatic heterocycles. The molecule has 0 bridgehead atoms. The molecule has 0 aromatic carbocycles. The fourth-order valence-corrected chi connectivity index (χ4v) is 3.61. The summed E-state index contributed by atoms with van der Waals surface area (Å²) in [5.41, 5.74) is 0.565. The molecule has 0 atom stereocenters. The van der Waals surface area contributed by atoms with E-state index in [2.05, 4.69) is 32.7 Å². The first-order valence-electron chi connectivity index (χ1n) is 8.07. The predicted octanol–water partition coefficient (Wildman–Crippen LogP) is 4.43. The molecule has 2 rings (SSSR count). The first-order chi connectivity index (χ1) is 9.84. The molecule has 0 radical (unpaired) electrons. The van der Waals surface area contributed by atoms with Crippen LogP contribution in [0.25, 0.3) is 0 Å². The number of hydrogen-bond donors (Lipinski definition) is 1. The van der Waals surface area contributed by atoms with Gasteiger partial charge in [0, 0.05) is 5.41 Å². The second-order valence-corrected chi connectivity index (χ2v) is 7.28. The summed E-state index contributed by atoms with van der Waals surface area (Å²) in [4.78, 5) is 16.1. The number of aromatic nitrogens is 1. The van der Waals surface area contributed by atoms with Gasteiger partial charge in [0.25, 0.3) is 0 Å². The average molecular weight is 293 g/mol. The molecule has 1 N–H and O–H groups in total. The van der Waals surface area contributed by atoms with Crippen molar-refractivity contribution in [3.05, 3.63) is 17.3 Å². The molecule has 4 nitrogen and oxygen atoms in total. The van der Waals surface area contributed by atoms with E-state index in [1.807, 2.05) is 0 Å². The summed E-state index contributed by atoms with van der Waals surface area (Å²) in [6.07, 6.45) is 6.16. The van der Waals surface area contributed by atoms with Crippen LogP contribution >= 0.6 is 0 Å². The maximum Gasteiger partial charge on any atom is 0.373 e. The number of hydrogen-bond acceptors (Lipinski definition) is 3. The van der Waals surface area contributed by atoms with Crippen molar-refractivity contribution >= 4 is 5.97 Å². The summed E-state index contributed by atoms with van der Waals surface area (Å²) >= 11 is 0. The van der Waals surface area contributed by atoms with E-state index in [4.69, 9.17) is 4.42 Å². The van der Waals surface area contributed by atoms with Gasteiger partial charge in [0.05, 0.1) is 5.69 Å². The predicted molar refractivity (Wildman–Crippen MR) is 81.6 cm³/mol. The number of aromatic carboxylic acids is 1. The maximum absolute atomic E-state index is 11.4. The molecular weight excluding hydrogens is 266 g/mol. The van der Waals surface area contributed by atoms with Gasteiger partial charge in [0.2, 0.25) is 11.7 Å². The van der Waals surface area contributed by atoms with Crippen LogP contribution in [0.4, 0.5) is 0 Å². The molecule has 21 heavy (non-hydrogen) atoms. The highest BCUT2D eigenvalue weighted by Gasteiger charge is 2.41. The van der Waals surface area contributed by atoms with Crippen LogP contribution in [-0.2, 0) is 11.8 Å². The summed E-state index contributed by atoms with van der Waals surface area (Å²) in [6.45, 7) is 8.55. The third-order valence-corrected chi connectivity index (χ3v) is 4.31. The van der Waals surface area contributed by atoms with E-state index < -0.39 is 5.97 Å². The number of nitrogens with zero attached hydrogens (tertiary/aromatic N) is 1. The Bertz CT molecular complexity index is 496. The zero-order valence-corrected chi connectivity index (χ0v) is 13.6. The van der Waals surface area contributed by atoms with Crippen molar-refractivity contribution < 1.29 is 14.3 Å². The minimum atomic E-state index is -0.998. The Morgan fingerprint density at radius 1 is 1.24 bits per heavy atom. The monoisotopic (exact) mass is 293 g/mol. The van der Waals surface area contributed by atoms with E-state index in [1.54, 1.807) is 0 Å². The molecule has 1 aliphatic carbocycles. The third-order valence-electron chi connectivity index (χ3n) is 4.31. The lowest BCUT2D eigenvalue weighted by molar-refractivity contribution is 0.0655. The van der Waals surface area contributed by atoms with Crippen molar-refractivity contribution in [2.24, 2.45) is 11.8 Å². The van der Waals surface area contributed by atoms with Crippen LogP contribution in [0, 0.1) is 11.8 Å². The number of carboxylic acid groups (broad SMARTS) is 1. The molecule has 0 unspecified atom stereocenters. The largest absolute Gasteiger partial charge is 0.475 e. The van der Waals surface area contributed by atoms with Gasteiger partial charge >= 0.3 is 5.97 Å². The molecule has 1 heterocycles. The van der Waals surface area contributed by atoms with Crippen molar-refractivity contribution in [3.63, 3.8) is 0 Å². The molecule has 1 saturated carbocycles. The minimum Gasteiger partial charge on any atom is -0.475 e. The highest BCUT2D eigenvalue weighted by molar-refractivity contribution is 5.85. The van der Waals surface area contributed by atoms with Gasteiger partial charge in [-0.1, -0.05) is 40.5 Å². The fraction of sp³-hybridized carbons (Fsp3) is 0.765. The van der Waals surface area contributed by atoms with Crippen LogP contribution < -0.4 is 0 Å².